The molecule has 0 aliphatic carbocycles. The largest absolute Gasteiger partial charge is 0.494 e. The van der Waals surface area contributed by atoms with Crippen LogP contribution in [-0.4, -0.2) is 35.0 Å². The predicted molar refractivity (Wildman–Crippen MR) is 118 cm³/mol. The van der Waals surface area contributed by atoms with Crippen molar-refractivity contribution in [1.82, 2.24) is 9.71 Å². The highest BCUT2D eigenvalue weighted by Gasteiger charge is 2.31. The Balaban J connectivity index is 1.92. The van der Waals surface area contributed by atoms with Gasteiger partial charge < -0.3 is 4.74 Å². The Hall–Kier alpha value is -2.82. The second-order valence-corrected chi connectivity index (χ2v) is 10.9. The Morgan fingerprint density at radius 2 is 1.72 bits per heavy atom. The third kappa shape index (κ3) is 5.32. The lowest BCUT2D eigenvalue weighted by Crippen LogP contribution is -2.32. The summed E-state index contributed by atoms with van der Waals surface area (Å²) in [4.78, 5) is 3.83. The number of nitrogens with zero attached hydrogens (tertiary/aromatic N) is 1. The van der Waals surface area contributed by atoms with Gasteiger partial charge in [0.05, 0.1) is 16.4 Å². The normalized spacial score (nSPS) is 13.0. The van der Waals surface area contributed by atoms with Crippen LogP contribution >= 0.6 is 0 Å². The number of rotatable bonds is 9. The molecule has 10 heteroatoms. The lowest BCUT2D eigenvalue weighted by atomic mass is 10.2. The standard InChI is InChI=1S/C22H23FN2O5S2/c1-3-30-18-6-8-19(9-7-18)32(28,29)25-15-22(17-5-4-12-24-14-17)31(26,27)20-10-11-21(23)16(2)13-20/h4-14,22,25H,3,15H2,1-2H3. The van der Waals surface area contributed by atoms with Gasteiger partial charge in [0.15, 0.2) is 9.84 Å². The third-order valence-corrected chi connectivity index (χ3v) is 8.33. The van der Waals surface area contributed by atoms with Gasteiger partial charge in [-0.15, -0.1) is 0 Å². The summed E-state index contributed by atoms with van der Waals surface area (Å²) in [6.07, 6.45) is 2.85. The number of hydrogen-bond donors (Lipinski definition) is 1. The zero-order chi connectivity index (χ0) is 23.4. The van der Waals surface area contributed by atoms with E-state index in [1.54, 1.807) is 12.1 Å². The maximum atomic E-state index is 13.7. The van der Waals surface area contributed by atoms with E-state index in [4.69, 9.17) is 4.74 Å². The molecule has 0 amide bonds. The maximum Gasteiger partial charge on any atom is 0.240 e. The molecule has 1 heterocycles. The number of benzene rings is 2. The van der Waals surface area contributed by atoms with Gasteiger partial charge in [0.1, 0.15) is 16.8 Å². The molecule has 1 aromatic heterocycles. The van der Waals surface area contributed by atoms with Crippen LogP contribution < -0.4 is 9.46 Å². The Morgan fingerprint density at radius 1 is 1.03 bits per heavy atom. The third-order valence-electron chi connectivity index (χ3n) is 4.79. The quantitative estimate of drug-likeness (QED) is 0.473. The van der Waals surface area contributed by atoms with E-state index in [0.29, 0.717) is 17.9 Å². The number of nitrogens with one attached hydrogen (secondary N) is 1. The van der Waals surface area contributed by atoms with Gasteiger partial charge in [0.25, 0.3) is 0 Å². The smallest absolute Gasteiger partial charge is 0.240 e. The molecule has 2 aromatic carbocycles. The van der Waals surface area contributed by atoms with Crippen LogP contribution in [0.15, 0.2) is 76.8 Å². The monoisotopic (exact) mass is 478 g/mol. The number of sulfonamides is 1. The van der Waals surface area contributed by atoms with Crippen molar-refractivity contribution in [1.29, 1.82) is 0 Å². The summed E-state index contributed by atoms with van der Waals surface area (Å²) < 4.78 is 73.7. The van der Waals surface area contributed by atoms with E-state index in [1.807, 2.05) is 6.92 Å². The fourth-order valence-electron chi connectivity index (χ4n) is 3.08. The molecule has 0 saturated heterocycles. The molecule has 1 atom stereocenters. The van der Waals surface area contributed by atoms with E-state index in [1.165, 1.54) is 55.7 Å². The molecule has 3 rings (SSSR count). The predicted octanol–water partition coefficient (Wildman–Crippen LogP) is 3.42. The van der Waals surface area contributed by atoms with Gasteiger partial charge in [0, 0.05) is 18.9 Å². The van der Waals surface area contributed by atoms with Gasteiger partial charge in [-0.1, -0.05) is 6.07 Å². The Kier molecular flexibility index (Phi) is 7.27. The molecule has 1 N–H and O–H groups in total. The van der Waals surface area contributed by atoms with Crippen LogP contribution in [0.5, 0.6) is 5.75 Å². The molecule has 0 spiro atoms. The van der Waals surface area contributed by atoms with E-state index in [-0.39, 0.29) is 15.4 Å². The molecule has 0 radical (unpaired) electrons. The van der Waals surface area contributed by atoms with E-state index < -0.39 is 37.5 Å². The van der Waals surface area contributed by atoms with Crippen LogP contribution in [-0.2, 0) is 19.9 Å². The van der Waals surface area contributed by atoms with Crippen LogP contribution in [0.1, 0.15) is 23.3 Å². The molecule has 32 heavy (non-hydrogen) atoms. The minimum Gasteiger partial charge on any atom is -0.494 e. The SMILES string of the molecule is CCOc1ccc(S(=O)(=O)NCC(c2cccnc2)S(=O)(=O)c2ccc(F)c(C)c2)cc1. The van der Waals surface area contributed by atoms with Crippen molar-refractivity contribution in [3.05, 3.63) is 83.9 Å². The van der Waals surface area contributed by atoms with Crippen LogP contribution in [0.4, 0.5) is 4.39 Å². The van der Waals surface area contributed by atoms with Crippen molar-refractivity contribution in [3.8, 4) is 5.75 Å². The topological polar surface area (TPSA) is 102 Å². The Bertz CT molecular complexity index is 1280. The van der Waals surface area contributed by atoms with E-state index >= 15 is 0 Å². The summed E-state index contributed by atoms with van der Waals surface area (Å²) in [5, 5.41) is -1.27. The van der Waals surface area contributed by atoms with Crippen LogP contribution in [0.25, 0.3) is 0 Å². The summed E-state index contributed by atoms with van der Waals surface area (Å²) in [6.45, 7) is 3.29. The summed E-state index contributed by atoms with van der Waals surface area (Å²) in [6, 6.07) is 12.4. The fourth-order valence-corrected chi connectivity index (χ4v) is 5.96. The number of hydrogen-bond acceptors (Lipinski definition) is 6. The van der Waals surface area contributed by atoms with Crippen LogP contribution in [0.2, 0.25) is 0 Å². The van der Waals surface area contributed by atoms with Crippen molar-refractivity contribution in [2.24, 2.45) is 0 Å². The van der Waals surface area contributed by atoms with Gasteiger partial charge in [0.2, 0.25) is 10.0 Å². The van der Waals surface area contributed by atoms with Gasteiger partial charge in [-0.3, -0.25) is 4.98 Å². The molecule has 0 fully saturated rings. The van der Waals surface area contributed by atoms with E-state index in [0.717, 1.165) is 6.07 Å². The zero-order valence-electron chi connectivity index (χ0n) is 17.5. The van der Waals surface area contributed by atoms with Gasteiger partial charge >= 0.3 is 0 Å². The number of ether oxygens (including phenoxy) is 1. The summed E-state index contributed by atoms with van der Waals surface area (Å²) >= 11 is 0. The van der Waals surface area contributed by atoms with Crippen molar-refractivity contribution in [2.75, 3.05) is 13.2 Å². The molecule has 3 aromatic rings. The fraction of sp³-hybridized carbons (Fsp3) is 0.227. The molecule has 0 bridgehead atoms. The van der Waals surface area contributed by atoms with Crippen molar-refractivity contribution in [3.63, 3.8) is 0 Å². The van der Waals surface area contributed by atoms with Crippen molar-refractivity contribution >= 4 is 19.9 Å². The maximum absolute atomic E-state index is 13.7. The highest BCUT2D eigenvalue weighted by atomic mass is 32.2. The van der Waals surface area contributed by atoms with E-state index in [9.17, 15) is 21.2 Å². The number of halogens is 1. The average Bonchev–Trinajstić information content (AvgIpc) is 2.77. The Labute approximate surface area is 187 Å². The molecule has 7 nitrogen and oxygen atoms in total. The van der Waals surface area contributed by atoms with Crippen LogP contribution in [0.3, 0.4) is 0 Å². The first-order valence-corrected chi connectivity index (χ1v) is 12.8. The molecular formula is C22H23FN2O5S2. The van der Waals surface area contributed by atoms with Crippen molar-refractivity contribution < 1.29 is 26.0 Å². The summed E-state index contributed by atoms with van der Waals surface area (Å²) in [5.41, 5.74) is 0.481. The first-order chi connectivity index (χ1) is 15.1. The zero-order valence-corrected chi connectivity index (χ0v) is 19.2. The molecule has 0 aliphatic rings. The molecular weight excluding hydrogens is 455 g/mol. The van der Waals surface area contributed by atoms with Gasteiger partial charge in [-0.25, -0.2) is 25.9 Å². The second kappa shape index (κ2) is 9.76. The highest BCUT2D eigenvalue weighted by molar-refractivity contribution is 7.92. The van der Waals surface area contributed by atoms with Crippen molar-refractivity contribution in [2.45, 2.75) is 28.9 Å². The van der Waals surface area contributed by atoms with E-state index in [2.05, 4.69) is 9.71 Å². The van der Waals surface area contributed by atoms with Gasteiger partial charge in [-0.05, 0) is 73.5 Å². The summed E-state index contributed by atoms with van der Waals surface area (Å²) in [5.74, 6) is -0.00739. The van der Waals surface area contributed by atoms with Gasteiger partial charge in [-0.2, -0.15) is 0 Å². The molecule has 0 saturated carbocycles. The summed E-state index contributed by atoms with van der Waals surface area (Å²) in [7, 11) is -8.07. The average molecular weight is 479 g/mol. The second-order valence-electron chi connectivity index (χ2n) is 6.99. The molecule has 170 valence electrons. The first-order valence-electron chi connectivity index (χ1n) is 9.77. The lowest BCUT2D eigenvalue weighted by molar-refractivity contribution is 0.340. The highest BCUT2D eigenvalue weighted by Crippen LogP contribution is 2.29. The minimum atomic E-state index is -4.07. The minimum absolute atomic E-state index is 0.0269. The number of sulfone groups is 1. The number of aryl methyl sites for hydroxylation is 1. The lowest BCUT2D eigenvalue weighted by Gasteiger charge is -2.19. The number of pyridine rings is 1. The number of aromatic nitrogens is 1. The molecule has 0 aliphatic heterocycles. The van der Waals surface area contributed by atoms with Crippen LogP contribution in [0, 0.1) is 12.7 Å². The first kappa shape index (κ1) is 23.8. The molecule has 1 unspecified atom stereocenters. The Morgan fingerprint density at radius 3 is 2.31 bits per heavy atom.